The third-order valence-corrected chi connectivity index (χ3v) is 3.73. The molecule has 0 aromatic heterocycles. The van der Waals surface area contributed by atoms with E-state index in [1.807, 2.05) is 18.2 Å². The Balaban J connectivity index is 1.81. The molecule has 106 valence electrons. The average Bonchev–Trinajstić information content (AvgIpc) is 2.69. The third-order valence-electron chi connectivity index (χ3n) is 3.73. The number of likely N-dealkylation sites (tertiary alicyclic amines) is 1. The standard InChI is InChI=1S/C15H25N3O/c1-19-14-8-6-7-13(15(14)16)17-9-12-18-10-4-2-3-5-11-18/h6-8,17H,2-5,9-12,16H2,1H3. The quantitative estimate of drug-likeness (QED) is 0.802. The number of rotatable bonds is 5. The summed E-state index contributed by atoms with van der Waals surface area (Å²) in [6, 6.07) is 5.85. The Kier molecular flexibility index (Phi) is 5.33. The molecule has 1 heterocycles. The van der Waals surface area contributed by atoms with E-state index in [4.69, 9.17) is 10.5 Å². The van der Waals surface area contributed by atoms with Crippen molar-refractivity contribution >= 4 is 11.4 Å². The maximum atomic E-state index is 6.04. The molecule has 1 aromatic carbocycles. The number of nitrogens with one attached hydrogen (secondary N) is 1. The number of benzene rings is 1. The van der Waals surface area contributed by atoms with Crippen LogP contribution in [0.25, 0.3) is 0 Å². The van der Waals surface area contributed by atoms with E-state index in [0.29, 0.717) is 5.69 Å². The van der Waals surface area contributed by atoms with Gasteiger partial charge < -0.3 is 20.7 Å². The third kappa shape index (κ3) is 4.03. The molecular weight excluding hydrogens is 238 g/mol. The van der Waals surface area contributed by atoms with Crippen molar-refractivity contribution in [1.82, 2.24) is 4.90 Å². The highest BCUT2D eigenvalue weighted by Crippen LogP contribution is 2.28. The van der Waals surface area contributed by atoms with Crippen LogP contribution in [0.4, 0.5) is 11.4 Å². The van der Waals surface area contributed by atoms with Crippen molar-refractivity contribution in [1.29, 1.82) is 0 Å². The molecule has 1 saturated heterocycles. The molecule has 0 saturated carbocycles. The van der Waals surface area contributed by atoms with Gasteiger partial charge >= 0.3 is 0 Å². The summed E-state index contributed by atoms with van der Waals surface area (Å²) in [5.74, 6) is 0.736. The van der Waals surface area contributed by atoms with Gasteiger partial charge in [-0.25, -0.2) is 0 Å². The normalized spacial score (nSPS) is 16.9. The molecule has 3 N–H and O–H groups in total. The first kappa shape index (κ1) is 14.0. The molecular formula is C15H25N3O. The Hall–Kier alpha value is -1.42. The van der Waals surface area contributed by atoms with Crippen LogP contribution in [0.15, 0.2) is 18.2 Å². The number of anilines is 2. The molecule has 1 aliphatic heterocycles. The molecule has 0 spiro atoms. The van der Waals surface area contributed by atoms with E-state index < -0.39 is 0 Å². The minimum absolute atomic E-state index is 0.695. The summed E-state index contributed by atoms with van der Waals surface area (Å²) >= 11 is 0. The summed E-state index contributed by atoms with van der Waals surface area (Å²) in [5, 5.41) is 3.41. The van der Waals surface area contributed by atoms with Crippen LogP contribution in [0.2, 0.25) is 0 Å². The molecule has 1 aromatic rings. The van der Waals surface area contributed by atoms with Crippen molar-refractivity contribution < 1.29 is 4.74 Å². The van der Waals surface area contributed by atoms with Gasteiger partial charge in [0, 0.05) is 13.1 Å². The molecule has 0 radical (unpaired) electrons. The summed E-state index contributed by atoms with van der Waals surface area (Å²) in [5.41, 5.74) is 7.70. The Morgan fingerprint density at radius 3 is 2.63 bits per heavy atom. The van der Waals surface area contributed by atoms with Gasteiger partial charge in [-0.1, -0.05) is 18.9 Å². The van der Waals surface area contributed by atoms with E-state index in [1.54, 1.807) is 7.11 Å². The van der Waals surface area contributed by atoms with Crippen molar-refractivity contribution in [2.24, 2.45) is 0 Å². The first-order chi connectivity index (χ1) is 9.31. The lowest BCUT2D eigenvalue weighted by molar-refractivity contribution is 0.296. The first-order valence-corrected chi connectivity index (χ1v) is 7.20. The van der Waals surface area contributed by atoms with Crippen molar-refractivity contribution in [2.45, 2.75) is 25.7 Å². The van der Waals surface area contributed by atoms with Crippen LogP contribution in [0.3, 0.4) is 0 Å². The van der Waals surface area contributed by atoms with E-state index in [1.165, 1.54) is 38.8 Å². The second-order valence-electron chi connectivity index (χ2n) is 5.10. The summed E-state index contributed by atoms with van der Waals surface area (Å²) in [4.78, 5) is 2.54. The monoisotopic (exact) mass is 263 g/mol. The fourth-order valence-corrected chi connectivity index (χ4v) is 2.58. The van der Waals surface area contributed by atoms with Gasteiger partial charge in [0.15, 0.2) is 0 Å². The van der Waals surface area contributed by atoms with Gasteiger partial charge in [-0.05, 0) is 38.1 Å². The van der Waals surface area contributed by atoms with Gasteiger partial charge in [0.25, 0.3) is 0 Å². The van der Waals surface area contributed by atoms with Gasteiger partial charge in [-0.3, -0.25) is 0 Å². The summed E-state index contributed by atoms with van der Waals surface area (Å²) < 4.78 is 5.22. The van der Waals surface area contributed by atoms with Gasteiger partial charge in [-0.15, -0.1) is 0 Å². The molecule has 0 atom stereocenters. The second kappa shape index (κ2) is 7.24. The number of nitrogens with two attached hydrogens (primary N) is 1. The number of hydrogen-bond acceptors (Lipinski definition) is 4. The van der Waals surface area contributed by atoms with Crippen LogP contribution >= 0.6 is 0 Å². The number of nitrogen functional groups attached to an aromatic ring is 1. The van der Waals surface area contributed by atoms with Crippen LogP contribution in [0.5, 0.6) is 5.75 Å². The summed E-state index contributed by atoms with van der Waals surface area (Å²) in [7, 11) is 1.65. The second-order valence-corrected chi connectivity index (χ2v) is 5.10. The molecule has 4 heteroatoms. The Morgan fingerprint density at radius 1 is 1.21 bits per heavy atom. The fourth-order valence-electron chi connectivity index (χ4n) is 2.58. The number of ether oxygens (including phenoxy) is 1. The van der Waals surface area contributed by atoms with E-state index >= 15 is 0 Å². The smallest absolute Gasteiger partial charge is 0.143 e. The van der Waals surface area contributed by atoms with Crippen molar-refractivity contribution in [3.63, 3.8) is 0 Å². The zero-order valence-corrected chi connectivity index (χ0v) is 11.8. The zero-order valence-electron chi connectivity index (χ0n) is 11.8. The molecule has 2 rings (SSSR count). The SMILES string of the molecule is COc1cccc(NCCN2CCCCCC2)c1N. The summed E-state index contributed by atoms with van der Waals surface area (Å²) in [6.45, 7) is 4.47. The molecule has 19 heavy (non-hydrogen) atoms. The lowest BCUT2D eigenvalue weighted by Crippen LogP contribution is -2.30. The molecule has 4 nitrogen and oxygen atoms in total. The van der Waals surface area contributed by atoms with Crippen LogP contribution in [-0.4, -0.2) is 38.2 Å². The van der Waals surface area contributed by atoms with E-state index in [9.17, 15) is 0 Å². The van der Waals surface area contributed by atoms with Gasteiger partial charge in [0.1, 0.15) is 5.75 Å². The Bertz CT molecular complexity index is 387. The molecule has 0 unspecified atom stereocenters. The van der Waals surface area contributed by atoms with Crippen LogP contribution in [0.1, 0.15) is 25.7 Å². The fraction of sp³-hybridized carbons (Fsp3) is 0.600. The zero-order chi connectivity index (χ0) is 13.5. The van der Waals surface area contributed by atoms with E-state index in [0.717, 1.165) is 24.5 Å². The minimum atomic E-state index is 0.695. The Morgan fingerprint density at radius 2 is 1.95 bits per heavy atom. The Labute approximate surface area is 115 Å². The van der Waals surface area contributed by atoms with Crippen molar-refractivity contribution in [3.05, 3.63) is 18.2 Å². The van der Waals surface area contributed by atoms with E-state index in [2.05, 4.69) is 10.2 Å². The number of nitrogens with zero attached hydrogens (tertiary/aromatic N) is 1. The van der Waals surface area contributed by atoms with Crippen LogP contribution in [-0.2, 0) is 0 Å². The van der Waals surface area contributed by atoms with Crippen molar-refractivity contribution in [3.8, 4) is 5.75 Å². The lowest BCUT2D eigenvalue weighted by Gasteiger charge is -2.20. The van der Waals surface area contributed by atoms with Gasteiger partial charge in [0.2, 0.25) is 0 Å². The van der Waals surface area contributed by atoms with Crippen molar-refractivity contribution in [2.75, 3.05) is 44.3 Å². The topological polar surface area (TPSA) is 50.5 Å². The first-order valence-electron chi connectivity index (χ1n) is 7.20. The number of methoxy groups -OCH3 is 1. The number of hydrogen-bond donors (Lipinski definition) is 2. The predicted octanol–water partition coefficient (Wildman–Crippen LogP) is 2.57. The van der Waals surface area contributed by atoms with Crippen LogP contribution < -0.4 is 15.8 Å². The predicted molar refractivity (Wildman–Crippen MR) is 80.8 cm³/mol. The van der Waals surface area contributed by atoms with E-state index in [-0.39, 0.29) is 0 Å². The van der Waals surface area contributed by atoms with Crippen LogP contribution in [0, 0.1) is 0 Å². The highest BCUT2D eigenvalue weighted by molar-refractivity contribution is 5.72. The highest BCUT2D eigenvalue weighted by Gasteiger charge is 2.09. The van der Waals surface area contributed by atoms with Gasteiger partial charge in [-0.2, -0.15) is 0 Å². The maximum absolute atomic E-state index is 6.04. The average molecular weight is 263 g/mol. The lowest BCUT2D eigenvalue weighted by atomic mass is 10.2. The molecule has 0 amide bonds. The van der Waals surface area contributed by atoms with Gasteiger partial charge in [0.05, 0.1) is 18.5 Å². The number of para-hydroxylation sites is 1. The summed E-state index contributed by atoms with van der Waals surface area (Å²) in [6.07, 6.45) is 5.43. The molecule has 0 bridgehead atoms. The minimum Gasteiger partial charge on any atom is -0.495 e. The molecule has 1 fully saturated rings. The highest BCUT2D eigenvalue weighted by atomic mass is 16.5. The molecule has 0 aliphatic carbocycles. The largest absolute Gasteiger partial charge is 0.495 e. The maximum Gasteiger partial charge on any atom is 0.143 e. The molecule has 1 aliphatic rings.